The Morgan fingerprint density at radius 1 is 1.36 bits per heavy atom. The normalized spacial score (nSPS) is 14.6. The van der Waals surface area contributed by atoms with E-state index in [2.05, 4.69) is 36.8 Å². The number of H-pyrrole nitrogens is 1. The van der Waals surface area contributed by atoms with Crippen LogP contribution in [0.5, 0.6) is 0 Å². The van der Waals surface area contributed by atoms with Gasteiger partial charge in [0.2, 0.25) is 0 Å². The first-order valence-electron chi connectivity index (χ1n) is 6.98. The van der Waals surface area contributed by atoms with Crippen LogP contribution in [-0.4, -0.2) is 22.6 Å². The van der Waals surface area contributed by atoms with E-state index in [9.17, 15) is 4.79 Å². The highest BCUT2D eigenvalue weighted by Crippen LogP contribution is 2.19. The van der Waals surface area contributed by atoms with Crippen LogP contribution in [0.25, 0.3) is 0 Å². The van der Waals surface area contributed by atoms with E-state index < -0.39 is 0 Å². The molecule has 3 N–H and O–H groups in total. The highest BCUT2D eigenvalue weighted by molar-refractivity contribution is 9.10. The minimum atomic E-state index is -0.133. The summed E-state index contributed by atoms with van der Waals surface area (Å²) in [5.74, 6) is -0.133. The van der Waals surface area contributed by atoms with Crippen molar-refractivity contribution >= 4 is 34.2 Å². The van der Waals surface area contributed by atoms with E-state index in [1.54, 1.807) is 0 Å². The topological polar surface area (TPSA) is 69.8 Å². The number of amides is 1. The van der Waals surface area contributed by atoms with Crippen molar-refractivity contribution in [2.75, 3.05) is 6.54 Å². The number of hydrogen-bond donors (Lipinski definition) is 3. The Morgan fingerprint density at radius 3 is 2.82 bits per heavy atom. The summed E-state index contributed by atoms with van der Waals surface area (Å²) in [6.45, 7) is 3.59. The lowest BCUT2D eigenvalue weighted by molar-refractivity contribution is 0.0933. The first-order chi connectivity index (χ1) is 10.1. The Labute approximate surface area is 143 Å². The maximum absolute atomic E-state index is 12.4. The minimum Gasteiger partial charge on any atom is -0.344 e. The first kappa shape index (κ1) is 17.0. The summed E-state index contributed by atoms with van der Waals surface area (Å²) in [4.78, 5) is 12.4. The maximum atomic E-state index is 12.4. The molecule has 22 heavy (non-hydrogen) atoms. The summed E-state index contributed by atoms with van der Waals surface area (Å²) < 4.78 is 1.03. The second-order valence-electron chi connectivity index (χ2n) is 5.20. The molecule has 0 radical (unpaired) electrons. The Bertz CT molecular complexity index is 656. The third-order valence-corrected chi connectivity index (χ3v) is 4.27. The molecule has 0 spiro atoms. The van der Waals surface area contributed by atoms with Crippen molar-refractivity contribution in [3.05, 3.63) is 51.3 Å². The van der Waals surface area contributed by atoms with Crippen LogP contribution in [-0.2, 0) is 13.0 Å². The SMILES string of the molecule is CC(NC(=O)c1n[nH]c2c1CNCC2)c1ccc(Br)cc1.Cl. The van der Waals surface area contributed by atoms with Crippen LogP contribution in [0.3, 0.4) is 0 Å². The van der Waals surface area contributed by atoms with E-state index in [0.29, 0.717) is 12.2 Å². The average Bonchev–Trinajstić information content (AvgIpc) is 2.92. The van der Waals surface area contributed by atoms with Crippen LogP contribution >= 0.6 is 28.3 Å². The van der Waals surface area contributed by atoms with Gasteiger partial charge in [0.15, 0.2) is 5.69 Å². The zero-order chi connectivity index (χ0) is 14.8. The van der Waals surface area contributed by atoms with Gasteiger partial charge in [0, 0.05) is 35.2 Å². The molecule has 0 bridgehead atoms. The van der Waals surface area contributed by atoms with Gasteiger partial charge in [0.05, 0.1) is 6.04 Å². The van der Waals surface area contributed by atoms with E-state index in [4.69, 9.17) is 0 Å². The fourth-order valence-electron chi connectivity index (χ4n) is 2.51. The molecule has 1 unspecified atom stereocenters. The largest absolute Gasteiger partial charge is 0.344 e. The van der Waals surface area contributed by atoms with Gasteiger partial charge < -0.3 is 10.6 Å². The highest BCUT2D eigenvalue weighted by atomic mass is 79.9. The molecule has 2 aromatic rings. The molecule has 7 heteroatoms. The monoisotopic (exact) mass is 384 g/mol. The van der Waals surface area contributed by atoms with E-state index in [0.717, 1.165) is 34.3 Å². The van der Waals surface area contributed by atoms with E-state index in [-0.39, 0.29) is 24.4 Å². The van der Waals surface area contributed by atoms with Gasteiger partial charge in [-0.15, -0.1) is 12.4 Å². The lowest BCUT2D eigenvalue weighted by Gasteiger charge is -2.16. The number of halogens is 2. The van der Waals surface area contributed by atoms with Gasteiger partial charge in [-0.1, -0.05) is 28.1 Å². The van der Waals surface area contributed by atoms with Gasteiger partial charge in [0.1, 0.15) is 0 Å². The number of benzene rings is 1. The van der Waals surface area contributed by atoms with E-state index in [1.807, 2.05) is 31.2 Å². The van der Waals surface area contributed by atoms with Crippen molar-refractivity contribution in [2.24, 2.45) is 0 Å². The zero-order valence-electron chi connectivity index (χ0n) is 12.1. The Kier molecular flexibility index (Phi) is 5.61. The Morgan fingerprint density at radius 2 is 2.09 bits per heavy atom. The smallest absolute Gasteiger partial charge is 0.272 e. The van der Waals surface area contributed by atoms with Crippen LogP contribution in [0.4, 0.5) is 0 Å². The predicted octanol–water partition coefficient (Wildman–Crippen LogP) is 2.73. The van der Waals surface area contributed by atoms with Crippen molar-refractivity contribution in [2.45, 2.75) is 25.9 Å². The number of aromatic amines is 1. The number of carbonyl (C=O) groups excluding carboxylic acids is 1. The molecular formula is C15H18BrClN4O. The second-order valence-corrected chi connectivity index (χ2v) is 6.12. The molecule has 1 aliphatic rings. The molecule has 1 aromatic carbocycles. The quantitative estimate of drug-likeness (QED) is 0.761. The summed E-state index contributed by atoms with van der Waals surface area (Å²) in [5.41, 5.74) is 3.62. The number of aromatic nitrogens is 2. The molecule has 1 aromatic heterocycles. The predicted molar refractivity (Wildman–Crippen MR) is 91.3 cm³/mol. The van der Waals surface area contributed by atoms with Crippen molar-refractivity contribution in [3.63, 3.8) is 0 Å². The molecule has 1 aliphatic heterocycles. The standard InChI is InChI=1S/C15H17BrN4O.ClH/c1-9(10-2-4-11(16)5-3-10)18-15(21)14-12-8-17-7-6-13(12)19-20-14;/h2-5,9,17H,6-8H2,1H3,(H,18,21)(H,19,20);1H. The molecule has 0 aliphatic carbocycles. The lowest BCUT2D eigenvalue weighted by atomic mass is 10.1. The number of rotatable bonds is 3. The molecule has 5 nitrogen and oxygen atoms in total. The Hall–Kier alpha value is -1.37. The Balaban J connectivity index is 0.00000176. The number of carbonyl (C=O) groups is 1. The van der Waals surface area contributed by atoms with Gasteiger partial charge in [-0.05, 0) is 24.6 Å². The molecule has 0 saturated carbocycles. The molecule has 0 saturated heterocycles. The summed E-state index contributed by atoms with van der Waals surface area (Å²) in [6.07, 6.45) is 0.887. The van der Waals surface area contributed by atoms with Crippen LogP contribution in [0.2, 0.25) is 0 Å². The minimum absolute atomic E-state index is 0. The van der Waals surface area contributed by atoms with Gasteiger partial charge in [0.25, 0.3) is 5.91 Å². The summed E-state index contributed by atoms with van der Waals surface area (Å²) >= 11 is 3.41. The number of nitrogens with zero attached hydrogens (tertiary/aromatic N) is 1. The fraction of sp³-hybridized carbons (Fsp3) is 0.333. The molecule has 1 amide bonds. The summed E-state index contributed by atoms with van der Waals surface area (Å²) in [5, 5.41) is 13.4. The van der Waals surface area contributed by atoms with Crippen LogP contribution < -0.4 is 10.6 Å². The fourth-order valence-corrected chi connectivity index (χ4v) is 2.78. The third-order valence-electron chi connectivity index (χ3n) is 3.74. The van der Waals surface area contributed by atoms with Crippen molar-refractivity contribution in [1.82, 2.24) is 20.8 Å². The molecule has 0 fully saturated rings. The van der Waals surface area contributed by atoms with Crippen LogP contribution in [0, 0.1) is 0 Å². The number of fused-ring (bicyclic) bond motifs is 1. The molecule has 2 heterocycles. The van der Waals surface area contributed by atoms with Gasteiger partial charge >= 0.3 is 0 Å². The van der Waals surface area contributed by atoms with Crippen molar-refractivity contribution in [1.29, 1.82) is 0 Å². The first-order valence-corrected chi connectivity index (χ1v) is 7.77. The van der Waals surface area contributed by atoms with Crippen LogP contribution in [0.15, 0.2) is 28.7 Å². The van der Waals surface area contributed by atoms with Crippen molar-refractivity contribution in [3.8, 4) is 0 Å². The second kappa shape index (κ2) is 7.26. The third kappa shape index (κ3) is 3.51. The lowest BCUT2D eigenvalue weighted by Crippen LogP contribution is -2.30. The van der Waals surface area contributed by atoms with Crippen LogP contribution in [0.1, 0.15) is 40.3 Å². The number of nitrogens with one attached hydrogen (secondary N) is 3. The highest BCUT2D eigenvalue weighted by Gasteiger charge is 2.22. The van der Waals surface area contributed by atoms with Crippen molar-refractivity contribution < 1.29 is 4.79 Å². The van der Waals surface area contributed by atoms with Gasteiger partial charge in [-0.3, -0.25) is 9.89 Å². The molecular weight excluding hydrogens is 368 g/mol. The van der Waals surface area contributed by atoms with E-state index >= 15 is 0 Å². The maximum Gasteiger partial charge on any atom is 0.272 e. The van der Waals surface area contributed by atoms with Gasteiger partial charge in [-0.2, -0.15) is 5.10 Å². The molecule has 118 valence electrons. The summed E-state index contributed by atoms with van der Waals surface area (Å²) in [7, 11) is 0. The summed E-state index contributed by atoms with van der Waals surface area (Å²) in [6, 6.07) is 7.87. The van der Waals surface area contributed by atoms with Gasteiger partial charge in [-0.25, -0.2) is 0 Å². The molecule has 1 atom stereocenters. The van der Waals surface area contributed by atoms with E-state index in [1.165, 1.54) is 0 Å². The average molecular weight is 386 g/mol. The molecule has 3 rings (SSSR count). The number of hydrogen-bond acceptors (Lipinski definition) is 3. The zero-order valence-corrected chi connectivity index (χ0v) is 14.6.